The fourth-order valence-corrected chi connectivity index (χ4v) is 8.92. The largest absolute Gasteiger partial charge is 0.462 e. The van der Waals surface area contributed by atoms with Gasteiger partial charge in [-0.05, 0) is 70.6 Å². The minimum atomic E-state index is -0.805. The van der Waals surface area contributed by atoms with E-state index in [-0.39, 0.29) is 37.5 Å². The van der Waals surface area contributed by atoms with Crippen molar-refractivity contribution < 1.29 is 28.6 Å². The Balaban J connectivity index is 4.24. The van der Waals surface area contributed by atoms with E-state index in [0.29, 0.717) is 19.3 Å². The van der Waals surface area contributed by atoms with Crippen LogP contribution >= 0.6 is 0 Å². The van der Waals surface area contributed by atoms with Gasteiger partial charge in [-0.2, -0.15) is 0 Å². The van der Waals surface area contributed by atoms with Crippen LogP contribution in [0.4, 0.5) is 0 Å². The Morgan fingerprint density at radius 1 is 0.296 bits per heavy atom. The molecule has 0 fully saturated rings. The van der Waals surface area contributed by atoms with Crippen LogP contribution < -0.4 is 0 Å². The lowest BCUT2D eigenvalue weighted by Gasteiger charge is -2.18. The maximum atomic E-state index is 12.8. The highest BCUT2D eigenvalue weighted by Crippen LogP contribution is 2.17. The molecule has 0 aliphatic carbocycles. The molecule has 1 unspecified atom stereocenters. The molecule has 1 atom stereocenters. The van der Waals surface area contributed by atoms with Gasteiger partial charge in [-0.1, -0.05) is 287 Å². The highest BCUT2D eigenvalue weighted by Gasteiger charge is 2.19. The summed E-state index contributed by atoms with van der Waals surface area (Å²) in [6, 6.07) is 0. The number of unbranched alkanes of at least 4 members (excludes halogenated alkanes) is 35. The lowest BCUT2D eigenvalue weighted by Crippen LogP contribution is -2.30. The fraction of sp³-hybridized carbons (Fsp3) is 0.800. The van der Waals surface area contributed by atoms with E-state index in [0.717, 1.165) is 77.0 Å². The Labute approximate surface area is 440 Å². The highest BCUT2D eigenvalue weighted by atomic mass is 16.6. The minimum absolute atomic E-state index is 0.0968. The predicted molar refractivity (Wildman–Crippen MR) is 307 cm³/mol. The van der Waals surface area contributed by atoms with E-state index < -0.39 is 6.10 Å². The third-order valence-corrected chi connectivity index (χ3v) is 13.5. The second kappa shape index (κ2) is 59.7. The van der Waals surface area contributed by atoms with Crippen LogP contribution in [0.15, 0.2) is 60.8 Å². The zero-order valence-electron chi connectivity index (χ0n) is 47.2. The molecule has 0 aromatic rings. The van der Waals surface area contributed by atoms with Gasteiger partial charge in [0.25, 0.3) is 0 Å². The van der Waals surface area contributed by atoms with Gasteiger partial charge in [0.2, 0.25) is 0 Å². The van der Waals surface area contributed by atoms with Crippen molar-refractivity contribution in [3.8, 4) is 0 Å². The Bertz CT molecular complexity index is 1280. The molecule has 0 spiro atoms. The number of esters is 3. The number of carbonyl (C=O) groups excluding carboxylic acids is 3. The zero-order chi connectivity index (χ0) is 51.4. The van der Waals surface area contributed by atoms with E-state index in [4.69, 9.17) is 14.2 Å². The molecule has 0 rings (SSSR count). The fourth-order valence-electron chi connectivity index (χ4n) is 8.92. The lowest BCUT2D eigenvalue weighted by molar-refractivity contribution is -0.166. The molecule has 0 aliphatic rings. The van der Waals surface area contributed by atoms with E-state index >= 15 is 0 Å². The number of hydrogen-bond acceptors (Lipinski definition) is 6. The van der Waals surface area contributed by atoms with Gasteiger partial charge in [0.15, 0.2) is 6.10 Å². The first-order chi connectivity index (χ1) is 35.0. The highest BCUT2D eigenvalue weighted by molar-refractivity contribution is 5.71. The van der Waals surface area contributed by atoms with Crippen LogP contribution in [-0.4, -0.2) is 37.2 Å². The first-order valence-electron chi connectivity index (χ1n) is 30.8. The normalized spacial score (nSPS) is 12.4. The van der Waals surface area contributed by atoms with Crippen molar-refractivity contribution in [2.45, 2.75) is 322 Å². The smallest absolute Gasteiger partial charge is 0.306 e. The molecule has 0 heterocycles. The molecule has 0 bridgehead atoms. The van der Waals surface area contributed by atoms with Crippen molar-refractivity contribution in [2.75, 3.05) is 13.2 Å². The summed E-state index contributed by atoms with van der Waals surface area (Å²) in [5.74, 6) is -0.978. The molecule has 6 nitrogen and oxygen atoms in total. The number of ether oxygens (including phenoxy) is 3. The standard InChI is InChI=1S/C65H116O6/c1-4-7-10-13-16-19-22-25-27-28-29-30-31-32-33-34-35-36-37-38-41-43-46-49-52-55-58-64(67)70-61-62(60-69-63(66)57-54-51-48-45-42-39-24-21-18-15-12-9-6-3)71-65(68)59-56-53-50-47-44-40-26-23-20-17-14-11-8-5-2/h9,12,18,21,23,26,39,42,48,51,62H,4-8,10-11,13-17,19-20,22,24-25,27-38,40-41,43-47,49-50,52-61H2,1-3H3/b12-9-,21-18-,26-23-,42-39-,51-48-. The van der Waals surface area contributed by atoms with Crippen LogP contribution in [0.3, 0.4) is 0 Å². The van der Waals surface area contributed by atoms with Crippen molar-refractivity contribution in [3.63, 3.8) is 0 Å². The number of hydrogen-bond donors (Lipinski definition) is 0. The Morgan fingerprint density at radius 3 is 0.944 bits per heavy atom. The minimum Gasteiger partial charge on any atom is -0.462 e. The molecule has 6 heteroatoms. The summed E-state index contributed by atoms with van der Waals surface area (Å²) in [4.78, 5) is 38.1. The van der Waals surface area contributed by atoms with Crippen molar-refractivity contribution in [3.05, 3.63) is 60.8 Å². The summed E-state index contributed by atoms with van der Waals surface area (Å²) in [5.41, 5.74) is 0. The van der Waals surface area contributed by atoms with Crippen LogP contribution in [-0.2, 0) is 28.6 Å². The number of allylic oxidation sites excluding steroid dienone is 10. The summed E-state index contributed by atoms with van der Waals surface area (Å²) >= 11 is 0. The summed E-state index contributed by atoms with van der Waals surface area (Å²) in [5, 5.41) is 0. The van der Waals surface area contributed by atoms with Crippen molar-refractivity contribution in [2.24, 2.45) is 0 Å². The maximum Gasteiger partial charge on any atom is 0.306 e. The Kier molecular flexibility index (Phi) is 57.2. The van der Waals surface area contributed by atoms with Gasteiger partial charge in [0, 0.05) is 19.3 Å². The molecule has 0 aromatic carbocycles. The maximum absolute atomic E-state index is 12.8. The molecule has 0 saturated heterocycles. The summed E-state index contributed by atoms with van der Waals surface area (Å²) in [7, 11) is 0. The molecular formula is C65H116O6. The van der Waals surface area contributed by atoms with Gasteiger partial charge in [0.05, 0.1) is 0 Å². The second-order valence-electron chi connectivity index (χ2n) is 20.6. The second-order valence-corrected chi connectivity index (χ2v) is 20.6. The van der Waals surface area contributed by atoms with E-state index in [1.165, 1.54) is 193 Å². The van der Waals surface area contributed by atoms with Gasteiger partial charge in [-0.25, -0.2) is 0 Å². The van der Waals surface area contributed by atoms with Gasteiger partial charge < -0.3 is 14.2 Å². The van der Waals surface area contributed by atoms with Crippen LogP contribution in [0.5, 0.6) is 0 Å². The molecule has 412 valence electrons. The first-order valence-corrected chi connectivity index (χ1v) is 30.8. The molecule has 0 radical (unpaired) electrons. The number of carbonyl (C=O) groups is 3. The average molecular weight is 994 g/mol. The third kappa shape index (κ3) is 57.9. The Hall–Kier alpha value is -2.89. The van der Waals surface area contributed by atoms with Crippen molar-refractivity contribution in [1.82, 2.24) is 0 Å². The van der Waals surface area contributed by atoms with E-state index in [9.17, 15) is 14.4 Å². The molecule has 0 saturated carbocycles. The van der Waals surface area contributed by atoms with Crippen LogP contribution in [0.2, 0.25) is 0 Å². The number of rotatable bonds is 56. The predicted octanol–water partition coefficient (Wildman–Crippen LogP) is 20.8. The van der Waals surface area contributed by atoms with Gasteiger partial charge in [-0.15, -0.1) is 0 Å². The van der Waals surface area contributed by atoms with Gasteiger partial charge in [0.1, 0.15) is 13.2 Å². The van der Waals surface area contributed by atoms with Crippen LogP contribution in [0.25, 0.3) is 0 Å². The summed E-state index contributed by atoms with van der Waals surface area (Å²) in [6.07, 6.45) is 75.4. The lowest BCUT2D eigenvalue weighted by atomic mass is 10.0. The van der Waals surface area contributed by atoms with E-state index in [1.54, 1.807) is 0 Å². The molecule has 71 heavy (non-hydrogen) atoms. The monoisotopic (exact) mass is 993 g/mol. The van der Waals surface area contributed by atoms with Gasteiger partial charge >= 0.3 is 17.9 Å². The molecule has 0 amide bonds. The molecular weight excluding hydrogens is 877 g/mol. The topological polar surface area (TPSA) is 78.9 Å². The molecule has 0 aliphatic heterocycles. The van der Waals surface area contributed by atoms with Crippen molar-refractivity contribution >= 4 is 17.9 Å². The van der Waals surface area contributed by atoms with Crippen LogP contribution in [0, 0.1) is 0 Å². The SMILES string of the molecule is CC/C=C\C/C=C\C/C=C\C/C=C\CCC(=O)OCC(COC(=O)CCCCCCCCCCCCCCCCCCCCCCCCCCCC)OC(=O)CCCCCCC/C=C\CCCCCCC. The quantitative estimate of drug-likeness (QED) is 0.0261. The molecule has 0 N–H and O–H groups in total. The van der Waals surface area contributed by atoms with E-state index in [2.05, 4.69) is 75.5 Å². The third-order valence-electron chi connectivity index (χ3n) is 13.5. The van der Waals surface area contributed by atoms with E-state index in [1.807, 2.05) is 6.08 Å². The summed E-state index contributed by atoms with van der Waals surface area (Å²) < 4.78 is 16.8. The Morgan fingerprint density at radius 2 is 0.577 bits per heavy atom. The zero-order valence-corrected chi connectivity index (χ0v) is 47.2. The molecule has 0 aromatic heterocycles. The average Bonchev–Trinajstić information content (AvgIpc) is 3.37. The van der Waals surface area contributed by atoms with Crippen molar-refractivity contribution in [1.29, 1.82) is 0 Å². The van der Waals surface area contributed by atoms with Crippen LogP contribution in [0.1, 0.15) is 316 Å². The van der Waals surface area contributed by atoms with Gasteiger partial charge in [-0.3, -0.25) is 14.4 Å². The first kappa shape index (κ1) is 68.1. The summed E-state index contributed by atoms with van der Waals surface area (Å²) in [6.45, 7) is 6.48.